The van der Waals surface area contributed by atoms with Gasteiger partial charge in [-0.25, -0.2) is 0 Å². The van der Waals surface area contributed by atoms with Crippen molar-refractivity contribution < 1.29 is 18.0 Å². The highest BCUT2D eigenvalue weighted by atomic mass is 19.4. The molecular weight excluding hydrogens is 269 g/mol. The Morgan fingerprint density at radius 3 is 2.35 bits per heavy atom. The van der Waals surface area contributed by atoms with Crippen LogP contribution in [0.4, 0.5) is 13.2 Å². The third-order valence-electron chi connectivity index (χ3n) is 3.16. The van der Waals surface area contributed by atoms with Gasteiger partial charge in [0.2, 0.25) is 5.91 Å². The fourth-order valence-corrected chi connectivity index (χ4v) is 1.81. The minimum Gasteiger partial charge on any atom is -0.355 e. The lowest BCUT2D eigenvalue weighted by molar-refractivity contribution is -0.137. The zero-order valence-corrected chi connectivity index (χ0v) is 11.0. The number of amides is 1. The first kappa shape index (κ1) is 14.8. The highest BCUT2D eigenvalue weighted by Gasteiger charge is 2.30. The van der Waals surface area contributed by atoms with Gasteiger partial charge in [-0.3, -0.25) is 4.79 Å². The van der Waals surface area contributed by atoms with Gasteiger partial charge in [0.15, 0.2) is 0 Å². The Kier molecular flexibility index (Phi) is 4.65. The quantitative estimate of drug-likeness (QED) is 0.788. The monoisotopic (exact) mass is 286 g/mol. The van der Waals surface area contributed by atoms with E-state index in [1.807, 2.05) is 0 Å². The zero-order chi connectivity index (χ0) is 14.6. The van der Waals surface area contributed by atoms with Gasteiger partial charge in [0.1, 0.15) is 0 Å². The lowest BCUT2D eigenvalue weighted by atomic mass is 10.1. The topological polar surface area (TPSA) is 41.1 Å². The average molecular weight is 286 g/mol. The summed E-state index contributed by atoms with van der Waals surface area (Å²) in [5.41, 5.74) is 0.143. The van der Waals surface area contributed by atoms with Crippen molar-refractivity contribution in [1.29, 1.82) is 0 Å². The second-order valence-corrected chi connectivity index (χ2v) is 4.94. The number of nitrogens with one attached hydrogen (secondary N) is 2. The van der Waals surface area contributed by atoms with Crippen molar-refractivity contribution in [3.8, 4) is 0 Å². The van der Waals surface area contributed by atoms with Gasteiger partial charge in [-0.05, 0) is 30.5 Å². The first-order valence-corrected chi connectivity index (χ1v) is 6.61. The van der Waals surface area contributed by atoms with E-state index in [1.54, 1.807) is 0 Å². The molecule has 1 aromatic rings. The summed E-state index contributed by atoms with van der Waals surface area (Å²) in [4.78, 5) is 11.3. The van der Waals surface area contributed by atoms with E-state index in [2.05, 4.69) is 10.6 Å². The number of hydrogen-bond acceptors (Lipinski definition) is 2. The fourth-order valence-electron chi connectivity index (χ4n) is 1.81. The van der Waals surface area contributed by atoms with Crippen LogP contribution in [-0.4, -0.2) is 19.0 Å². The molecule has 110 valence electrons. The van der Waals surface area contributed by atoms with Crippen molar-refractivity contribution in [2.24, 2.45) is 5.92 Å². The molecule has 2 rings (SSSR count). The van der Waals surface area contributed by atoms with Crippen LogP contribution in [0.25, 0.3) is 0 Å². The van der Waals surface area contributed by atoms with Crippen LogP contribution in [-0.2, 0) is 17.5 Å². The smallest absolute Gasteiger partial charge is 0.355 e. The van der Waals surface area contributed by atoms with E-state index in [-0.39, 0.29) is 11.8 Å². The summed E-state index contributed by atoms with van der Waals surface area (Å²) in [6, 6.07) is 5.06. The Morgan fingerprint density at radius 2 is 1.80 bits per heavy atom. The Morgan fingerprint density at radius 1 is 1.15 bits per heavy atom. The van der Waals surface area contributed by atoms with Crippen LogP contribution in [0.1, 0.15) is 24.0 Å². The molecule has 0 spiro atoms. The van der Waals surface area contributed by atoms with E-state index in [0.29, 0.717) is 19.6 Å². The summed E-state index contributed by atoms with van der Waals surface area (Å²) in [6.45, 7) is 1.62. The van der Waals surface area contributed by atoms with Gasteiger partial charge in [0.25, 0.3) is 0 Å². The summed E-state index contributed by atoms with van der Waals surface area (Å²) < 4.78 is 37.1. The van der Waals surface area contributed by atoms with E-state index in [9.17, 15) is 18.0 Å². The second-order valence-electron chi connectivity index (χ2n) is 4.94. The molecule has 1 aliphatic rings. The lowest BCUT2D eigenvalue weighted by Gasteiger charge is -2.09. The standard InChI is InChI=1S/C14H17F3N2O/c15-14(16,17)12-5-1-10(2-6-12)9-18-7-8-19-13(20)11-3-4-11/h1-2,5-6,11,18H,3-4,7-9H2,(H,19,20). The number of carbonyl (C=O) groups is 1. The Hall–Kier alpha value is -1.56. The molecule has 20 heavy (non-hydrogen) atoms. The second kappa shape index (κ2) is 6.26. The van der Waals surface area contributed by atoms with Crippen LogP contribution in [0.15, 0.2) is 24.3 Å². The van der Waals surface area contributed by atoms with Gasteiger partial charge in [-0.15, -0.1) is 0 Å². The van der Waals surface area contributed by atoms with Gasteiger partial charge in [0.05, 0.1) is 5.56 Å². The predicted octanol–water partition coefficient (Wildman–Crippen LogP) is 2.32. The van der Waals surface area contributed by atoms with E-state index in [4.69, 9.17) is 0 Å². The molecule has 0 heterocycles. The molecule has 0 atom stereocenters. The number of benzene rings is 1. The van der Waals surface area contributed by atoms with E-state index < -0.39 is 11.7 Å². The maximum Gasteiger partial charge on any atom is 0.416 e. The van der Waals surface area contributed by atoms with Gasteiger partial charge < -0.3 is 10.6 Å². The van der Waals surface area contributed by atoms with Crippen LogP contribution in [0.5, 0.6) is 0 Å². The largest absolute Gasteiger partial charge is 0.416 e. The molecule has 0 unspecified atom stereocenters. The summed E-state index contributed by atoms with van der Waals surface area (Å²) >= 11 is 0. The number of carbonyl (C=O) groups excluding carboxylic acids is 1. The zero-order valence-electron chi connectivity index (χ0n) is 11.0. The van der Waals surface area contributed by atoms with E-state index in [1.165, 1.54) is 12.1 Å². The number of halogens is 3. The summed E-state index contributed by atoms with van der Waals surface area (Å²) in [5.74, 6) is 0.297. The van der Waals surface area contributed by atoms with E-state index in [0.717, 1.165) is 30.5 Å². The van der Waals surface area contributed by atoms with Crippen LogP contribution in [0.3, 0.4) is 0 Å². The first-order valence-electron chi connectivity index (χ1n) is 6.61. The van der Waals surface area contributed by atoms with Crippen LogP contribution < -0.4 is 10.6 Å². The molecule has 1 saturated carbocycles. The minimum absolute atomic E-state index is 0.0985. The lowest BCUT2D eigenvalue weighted by Crippen LogP contribution is -2.32. The molecule has 1 amide bonds. The fraction of sp³-hybridized carbons (Fsp3) is 0.500. The van der Waals surface area contributed by atoms with Crippen molar-refractivity contribution in [3.63, 3.8) is 0 Å². The molecule has 6 heteroatoms. The van der Waals surface area contributed by atoms with Gasteiger partial charge >= 0.3 is 6.18 Å². The molecule has 2 N–H and O–H groups in total. The first-order chi connectivity index (χ1) is 9.47. The molecule has 0 saturated heterocycles. The van der Waals surface area contributed by atoms with Gasteiger partial charge in [-0.1, -0.05) is 12.1 Å². The highest BCUT2D eigenvalue weighted by molar-refractivity contribution is 5.80. The molecule has 1 fully saturated rings. The van der Waals surface area contributed by atoms with Crippen molar-refractivity contribution in [2.45, 2.75) is 25.6 Å². The number of hydrogen-bond donors (Lipinski definition) is 2. The number of rotatable bonds is 6. The van der Waals surface area contributed by atoms with Crippen molar-refractivity contribution in [3.05, 3.63) is 35.4 Å². The normalized spacial score (nSPS) is 15.2. The Balaban J connectivity index is 1.65. The molecule has 0 aromatic heterocycles. The molecule has 1 aliphatic carbocycles. The summed E-state index contributed by atoms with van der Waals surface area (Å²) in [7, 11) is 0. The summed E-state index contributed by atoms with van der Waals surface area (Å²) in [6.07, 6.45) is -2.34. The Bertz CT molecular complexity index is 452. The molecular formula is C14H17F3N2O. The van der Waals surface area contributed by atoms with Crippen molar-refractivity contribution in [2.75, 3.05) is 13.1 Å². The third kappa shape index (κ3) is 4.52. The van der Waals surface area contributed by atoms with Crippen LogP contribution in [0.2, 0.25) is 0 Å². The Labute approximate surface area is 115 Å². The highest BCUT2D eigenvalue weighted by Crippen LogP contribution is 2.29. The average Bonchev–Trinajstić information content (AvgIpc) is 3.22. The molecule has 3 nitrogen and oxygen atoms in total. The maximum atomic E-state index is 12.4. The molecule has 0 bridgehead atoms. The molecule has 0 radical (unpaired) electrons. The maximum absolute atomic E-state index is 12.4. The SMILES string of the molecule is O=C(NCCNCc1ccc(C(F)(F)F)cc1)C1CC1. The van der Waals surface area contributed by atoms with Crippen molar-refractivity contribution >= 4 is 5.91 Å². The predicted molar refractivity (Wildman–Crippen MR) is 68.9 cm³/mol. The van der Waals surface area contributed by atoms with Crippen molar-refractivity contribution in [1.82, 2.24) is 10.6 Å². The third-order valence-corrected chi connectivity index (χ3v) is 3.16. The van der Waals surface area contributed by atoms with Crippen LogP contribution in [0, 0.1) is 5.92 Å². The minimum atomic E-state index is -4.29. The van der Waals surface area contributed by atoms with E-state index >= 15 is 0 Å². The summed E-state index contributed by atoms with van der Waals surface area (Å²) in [5, 5.41) is 5.89. The van der Waals surface area contributed by atoms with Gasteiger partial charge in [0, 0.05) is 25.6 Å². The molecule has 1 aromatic carbocycles. The van der Waals surface area contributed by atoms with Gasteiger partial charge in [-0.2, -0.15) is 13.2 Å². The molecule has 0 aliphatic heterocycles. The van der Waals surface area contributed by atoms with Crippen LogP contribution >= 0.6 is 0 Å². The number of alkyl halides is 3.